The lowest BCUT2D eigenvalue weighted by Gasteiger charge is -2.29. The van der Waals surface area contributed by atoms with Gasteiger partial charge in [0.1, 0.15) is 11.6 Å². The highest BCUT2D eigenvalue weighted by Gasteiger charge is 2.16. The molecule has 5 heteroatoms. The van der Waals surface area contributed by atoms with Gasteiger partial charge >= 0.3 is 0 Å². The van der Waals surface area contributed by atoms with Crippen LogP contribution in [0.15, 0.2) is 42.5 Å². The van der Waals surface area contributed by atoms with Gasteiger partial charge in [0.05, 0.1) is 12.8 Å². The second-order valence-electron chi connectivity index (χ2n) is 5.90. The summed E-state index contributed by atoms with van der Waals surface area (Å²) in [5.41, 5.74) is 1.52. The molecule has 1 aliphatic rings. The second-order valence-corrected chi connectivity index (χ2v) is 5.90. The molecule has 1 aliphatic heterocycles. The van der Waals surface area contributed by atoms with E-state index in [1.807, 2.05) is 0 Å². The number of methoxy groups -OCH3 is 1. The zero-order valence-electron chi connectivity index (χ0n) is 13.7. The Morgan fingerprint density at radius 2 is 1.92 bits per heavy atom. The molecule has 1 saturated heterocycles. The number of carbonyl (C=O) groups excluding carboxylic acids is 1. The van der Waals surface area contributed by atoms with E-state index in [9.17, 15) is 9.18 Å². The first kappa shape index (κ1) is 16.3. The van der Waals surface area contributed by atoms with Crippen LogP contribution in [0, 0.1) is 5.82 Å². The topological polar surface area (TPSA) is 41.6 Å². The maximum Gasteiger partial charge on any atom is 0.255 e. The van der Waals surface area contributed by atoms with Crippen LogP contribution in [0.2, 0.25) is 0 Å². The van der Waals surface area contributed by atoms with Crippen molar-refractivity contribution in [1.82, 2.24) is 0 Å². The highest BCUT2D eigenvalue weighted by atomic mass is 19.1. The molecule has 1 amide bonds. The van der Waals surface area contributed by atoms with E-state index in [1.165, 1.54) is 12.5 Å². The van der Waals surface area contributed by atoms with Gasteiger partial charge in [0.25, 0.3) is 5.91 Å². The highest BCUT2D eigenvalue weighted by molar-refractivity contribution is 6.04. The molecule has 1 fully saturated rings. The molecule has 0 bridgehead atoms. The molecular weight excluding hydrogens is 307 g/mol. The van der Waals surface area contributed by atoms with Crippen LogP contribution < -0.4 is 15.0 Å². The van der Waals surface area contributed by atoms with Gasteiger partial charge in [-0.15, -0.1) is 0 Å². The molecule has 3 rings (SSSR count). The lowest BCUT2D eigenvalue weighted by molar-refractivity contribution is 0.102. The fraction of sp³-hybridized carbons (Fsp3) is 0.316. The summed E-state index contributed by atoms with van der Waals surface area (Å²) in [5.74, 6) is 0.00800. The molecule has 0 aliphatic carbocycles. The largest absolute Gasteiger partial charge is 0.497 e. The van der Waals surface area contributed by atoms with E-state index in [0.717, 1.165) is 25.9 Å². The minimum atomic E-state index is -0.305. The summed E-state index contributed by atoms with van der Waals surface area (Å²) in [4.78, 5) is 14.3. The molecule has 0 radical (unpaired) electrons. The predicted octanol–water partition coefficient (Wildman–Crippen LogP) is 4.08. The van der Waals surface area contributed by atoms with Crippen LogP contribution >= 0.6 is 0 Å². The fourth-order valence-electron chi connectivity index (χ4n) is 2.94. The minimum absolute atomic E-state index is 0.293. The van der Waals surface area contributed by atoms with Crippen molar-refractivity contribution in [2.45, 2.75) is 19.3 Å². The summed E-state index contributed by atoms with van der Waals surface area (Å²) in [5, 5.41) is 2.73. The third-order valence-electron chi connectivity index (χ3n) is 4.23. The van der Waals surface area contributed by atoms with Gasteiger partial charge in [-0.25, -0.2) is 4.39 Å². The Morgan fingerprint density at radius 1 is 1.12 bits per heavy atom. The van der Waals surface area contributed by atoms with Crippen molar-refractivity contribution in [3.05, 3.63) is 53.8 Å². The lowest BCUT2D eigenvalue weighted by Crippen LogP contribution is -2.30. The zero-order valence-corrected chi connectivity index (χ0v) is 13.7. The van der Waals surface area contributed by atoms with E-state index in [1.54, 1.807) is 43.5 Å². The van der Waals surface area contributed by atoms with Crippen molar-refractivity contribution < 1.29 is 13.9 Å². The monoisotopic (exact) mass is 328 g/mol. The number of anilines is 2. The first-order valence-electron chi connectivity index (χ1n) is 8.17. The molecule has 1 N–H and O–H groups in total. The summed E-state index contributed by atoms with van der Waals surface area (Å²) in [6, 6.07) is 11.7. The molecule has 0 aromatic heterocycles. The van der Waals surface area contributed by atoms with Gasteiger partial charge in [0.2, 0.25) is 0 Å². The maximum absolute atomic E-state index is 14.4. The highest BCUT2D eigenvalue weighted by Crippen LogP contribution is 2.26. The molecule has 24 heavy (non-hydrogen) atoms. The molecule has 126 valence electrons. The normalized spacial score (nSPS) is 14.3. The van der Waals surface area contributed by atoms with Gasteiger partial charge in [-0.05, 0) is 55.7 Å². The first-order chi connectivity index (χ1) is 11.7. The molecule has 2 aromatic carbocycles. The Morgan fingerprint density at radius 3 is 2.62 bits per heavy atom. The lowest BCUT2D eigenvalue weighted by atomic mass is 10.1. The van der Waals surface area contributed by atoms with Crippen LogP contribution in [0.5, 0.6) is 5.75 Å². The Hall–Kier alpha value is -2.56. The average molecular weight is 328 g/mol. The summed E-state index contributed by atoms with van der Waals surface area (Å²) in [7, 11) is 1.55. The van der Waals surface area contributed by atoms with E-state index < -0.39 is 0 Å². The fourth-order valence-corrected chi connectivity index (χ4v) is 2.94. The number of hydrogen-bond acceptors (Lipinski definition) is 3. The van der Waals surface area contributed by atoms with Crippen LogP contribution in [-0.2, 0) is 0 Å². The molecule has 0 unspecified atom stereocenters. The number of ether oxygens (including phenoxy) is 1. The summed E-state index contributed by atoms with van der Waals surface area (Å²) >= 11 is 0. The number of piperidine rings is 1. The van der Waals surface area contributed by atoms with Gasteiger partial charge in [-0.3, -0.25) is 4.79 Å². The van der Waals surface area contributed by atoms with E-state index in [0.29, 0.717) is 22.7 Å². The van der Waals surface area contributed by atoms with Crippen LogP contribution in [0.4, 0.5) is 15.8 Å². The van der Waals surface area contributed by atoms with Crippen molar-refractivity contribution in [3.63, 3.8) is 0 Å². The van der Waals surface area contributed by atoms with Crippen molar-refractivity contribution in [3.8, 4) is 5.75 Å². The quantitative estimate of drug-likeness (QED) is 0.919. The number of rotatable bonds is 4. The number of nitrogens with zero attached hydrogens (tertiary/aromatic N) is 1. The molecular formula is C19H21FN2O2. The van der Waals surface area contributed by atoms with E-state index in [2.05, 4.69) is 10.2 Å². The third kappa shape index (κ3) is 3.67. The Balaban J connectivity index is 1.73. The molecule has 1 heterocycles. The Kier molecular flexibility index (Phi) is 4.99. The molecule has 0 saturated carbocycles. The zero-order chi connectivity index (χ0) is 16.9. The average Bonchev–Trinajstić information content (AvgIpc) is 2.62. The Bertz CT molecular complexity index is 727. The minimum Gasteiger partial charge on any atom is -0.497 e. The molecule has 0 spiro atoms. The maximum atomic E-state index is 14.4. The van der Waals surface area contributed by atoms with Crippen molar-refractivity contribution in [1.29, 1.82) is 0 Å². The van der Waals surface area contributed by atoms with Crippen LogP contribution in [0.3, 0.4) is 0 Å². The van der Waals surface area contributed by atoms with Gasteiger partial charge in [-0.1, -0.05) is 6.07 Å². The number of hydrogen-bond donors (Lipinski definition) is 1. The Labute approximate surface area is 141 Å². The van der Waals surface area contributed by atoms with E-state index in [-0.39, 0.29) is 11.7 Å². The predicted molar refractivity (Wildman–Crippen MR) is 93.4 cm³/mol. The van der Waals surface area contributed by atoms with Crippen molar-refractivity contribution >= 4 is 17.3 Å². The van der Waals surface area contributed by atoms with E-state index in [4.69, 9.17) is 4.74 Å². The summed E-state index contributed by atoms with van der Waals surface area (Å²) in [6.45, 7) is 1.76. The van der Waals surface area contributed by atoms with Crippen LogP contribution in [0.25, 0.3) is 0 Å². The smallest absolute Gasteiger partial charge is 0.255 e. The third-order valence-corrected chi connectivity index (χ3v) is 4.23. The second kappa shape index (κ2) is 7.34. The number of benzene rings is 2. The van der Waals surface area contributed by atoms with Gasteiger partial charge < -0.3 is 15.0 Å². The number of nitrogens with one attached hydrogen (secondary N) is 1. The van der Waals surface area contributed by atoms with Crippen molar-refractivity contribution in [2.24, 2.45) is 0 Å². The van der Waals surface area contributed by atoms with Crippen LogP contribution in [-0.4, -0.2) is 26.1 Å². The molecule has 4 nitrogen and oxygen atoms in total. The van der Waals surface area contributed by atoms with Gasteiger partial charge in [-0.2, -0.15) is 0 Å². The SMILES string of the molecule is COc1cccc(C(=O)Nc2ccc(N3CCCCC3)c(F)c2)c1. The summed E-state index contributed by atoms with van der Waals surface area (Å²) in [6.07, 6.45) is 3.38. The van der Waals surface area contributed by atoms with Crippen molar-refractivity contribution in [2.75, 3.05) is 30.4 Å². The van der Waals surface area contributed by atoms with Gasteiger partial charge in [0.15, 0.2) is 0 Å². The van der Waals surface area contributed by atoms with E-state index >= 15 is 0 Å². The number of carbonyl (C=O) groups is 1. The number of halogens is 1. The summed E-state index contributed by atoms with van der Waals surface area (Å²) < 4.78 is 19.5. The molecule has 2 aromatic rings. The van der Waals surface area contributed by atoms with Crippen LogP contribution in [0.1, 0.15) is 29.6 Å². The molecule has 0 atom stereocenters. The number of amides is 1. The van der Waals surface area contributed by atoms with Gasteiger partial charge in [0, 0.05) is 24.3 Å². The standard InChI is InChI=1S/C19H21FN2O2/c1-24-16-7-5-6-14(12-16)19(23)21-15-8-9-18(17(20)13-15)22-10-3-2-4-11-22/h5-9,12-13H,2-4,10-11H2,1H3,(H,21,23). The first-order valence-corrected chi connectivity index (χ1v) is 8.17.